The molecule has 1 aromatic rings. The summed E-state index contributed by atoms with van der Waals surface area (Å²) in [7, 11) is 0. The Morgan fingerprint density at radius 3 is 2.25 bits per heavy atom. The molecule has 20 heavy (non-hydrogen) atoms. The van der Waals surface area contributed by atoms with Crippen LogP contribution in [0, 0.1) is 0 Å². The van der Waals surface area contributed by atoms with Gasteiger partial charge in [-0.1, -0.05) is 0 Å². The van der Waals surface area contributed by atoms with E-state index < -0.39 is 11.7 Å². The molecule has 1 aliphatic heterocycles. The van der Waals surface area contributed by atoms with E-state index in [-0.39, 0.29) is 5.82 Å². The highest BCUT2D eigenvalue weighted by molar-refractivity contribution is 5.49. The van der Waals surface area contributed by atoms with Crippen molar-refractivity contribution in [1.29, 1.82) is 0 Å². The smallest absolute Gasteiger partial charge is 0.384 e. The summed E-state index contributed by atoms with van der Waals surface area (Å²) in [5.41, 5.74) is 4.75. The van der Waals surface area contributed by atoms with Gasteiger partial charge in [0, 0.05) is 32.2 Å². The first kappa shape index (κ1) is 14.9. The zero-order valence-electron chi connectivity index (χ0n) is 11.6. The Morgan fingerprint density at radius 2 is 1.75 bits per heavy atom. The quantitative estimate of drug-likeness (QED) is 0.906. The molecule has 4 nitrogen and oxygen atoms in total. The molecule has 1 aromatic heterocycles. The van der Waals surface area contributed by atoms with Crippen LogP contribution in [0.15, 0.2) is 12.1 Å². The van der Waals surface area contributed by atoms with Crippen LogP contribution >= 0.6 is 0 Å². The number of nitrogens with two attached hydrogens (primary N) is 1. The normalized spacial score (nSPS) is 17.8. The van der Waals surface area contributed by atoms with Crippen molar-refractivity contribution in [3.63, 3.8) is 0 Å². The van der Waals surface area contributed by atoms with Crippen LogP contribution in [0.2, 0.25) is 0 Å². The standard InChI is InChI=1S/C13H19F3N4/c1-9(2)19-3-5-20(6-4-19)12-8-10(13(14,15)16)7-11(17)18-12/h7-9H,3-6H2,1-2H3,(H2,17,18). The summed E-state index contributed by atoms with van der Waals surface area (Å²) in [5, 5.41) is 0. The third-order valence-corrected chi connectivity index (χ3v) is 3.53. The SMILES string of the molecule is CC(C)N1CCN(c2cc(C(F)(F)F)cc(N)n2)CC1. The average Bonchev–Trinajstić information content (AvgIpc) is 2.37. The predicted octanol–water partition coefficient (Wildman–Crippen LogP) is 2.21. The number of alkyl halides is 3. The van der Waals surface area contributed by atoms with Crippen molar-refractivity contribution in [2.45, 2.75) is 26.1 Å². The first-order valence-electron chi connectivity index (χ1n) is 6.61. The van der Waals surface area contributed by atoms with E-state index in [1.54, 1.807) is 0 Å². The van der Waals surface area contributed by atoms with Crippen molar-refractivity contribution in [2.24, 2.45) is 0 Å². The minimum atomic E-state index is -4.40. The molecule has 0 spiro atoms. The van der Waals surface area contributed by atoms with Crippen LogP contribution in [-0.4, -0.2) is 42.1 Å². The summed E-state index contributed by atoms with van der Waals surface area (Å²) in [5.74, 6) is 0.210. The number of hydrogen-bond acceptors (Lipinski definition) is 4. The fourth-order valence-electron chi connectivity index (χ4n) is 2.33. The van der Waals surface area contributed by atoms with Crippen LogP contribution in [0.3, 0.4) is 0 Å². The molecule has 2 rings (SSSR count). The van der Waals surface area contributed by atoms with E-state index in [1.165, 1.54) is 0 Å². The molecule has 0 bridgehead atoms. The molecule has 1 saturated heterocycles. The minimum absolute atomic E-state index is 0.0962. The number of aromatic nitrogens is 1. The fourth-order valence-corrected chi connectivity index (χ4v) is 2.33. The van der Waals surface area contributed by atoms with Crippen LogP contribution in [0.5, 0.6) is 0 Å². The predicted molar refractivity (Wildman–Crippen MR) is 72.6 cm³/mol. The maximum absolute atomic E-state index is 12.8. The van der Waals surface area contributed by atoms with E-state index in [1.807, 2.05) is 4.90 Å². The second-order valence-electron chi connectivity index (χ2n) is 5.25. The van der Waals surface area contributed by atoms with Crippen molar-refractivity contribution in [1.82, 2.24) is 9.88 Å². The topological polar surface area (TPSA) is 45.4 Å². The number of pyridine rings is 1. The zero-order valence-corrected chi connectivity index (χ0v) is 11.6. The minimum Gasteiger partial charge on any atom is -0.384 e. The van der Waals surface area contributed by atoms with Gasteiger partial charge in [0.2, 0.25) is 0 Å². The van der Waals surface area contributed by atoms with Crippen LogP contribution < -0.4 is 10.6 Å². The Bertz CT molecular complexity index is 465. The van der Waals surface area contributed by atoms with E-state index in [9.17, 15) is 13.2 Å². The molecule has 0 amide bonds. The second-order valence-corrected chi connectivity index (χ2v) is 5.25. The molecule has 0 radical (unpaired) electrons. The summed E-state index contributed by atoms with van der Waals surface area (Å²) >= 11 is 0. The lowest BCUT2D eigenvalue weighted by Gasteiger charge is -2.37. The van der Waals surface area contributed by atoms with Crippen molar-refractivity contribution >= 4 is 11.6 Å². The molecule has 1 aliphatic rings. The van der Waals surface area contributed by atoms with Gasteiger partial charge < -0.3 is 10.6 Å². The van der Waals surface area contributed by atoms with Crippen molar-refractivity contribution in [3.8, 4) is 0 Å². The molecule has 2 N–H and O–H groups in total. The lowest BCUT2D eigenvalue weighted by atomic mass is 10.2. The molecular formula is C13H19F3N4. The van der Waals surface area contributed by atoms with Gasteiger partial charge >= 0.3 is 6.18 Å². The number of halogens is 3. The van der Waals surface area contributed by atoms with E-state index in [0.717, 1.165) is 25.2 Å². The van der Waals surface area contributed by atoms with Crippen LogP contribution in [0.4, 0.5) is 24.8 Å². The lowest BCUT2D eigenvalue weighted by Crippen LogP contribution is -2.49. The number of piperazine rings is 1. The van der Waals surface area contributed by atoms with Gasteiger partial charge in [0.05, 0.1) is 5.56 Å². The number of nitrogen functional groups attached to an aromatic ring is 1. The largest absolute Gasteiger partial charge is 0.416 e. The third kappa shape index (κ3) is 3.33. The molecule has 7 heteroatoms. The molecule has 0 atom stereocenters. The Hall–Kier alpha value is -1.50. The van der Waals surface area contributed by atoms with Crippen molar-refractivity contribution < 1.29 is 13.2 Å². The first-order chi connectivity index (χ1) is 9.27. The lowest BCUT2D eigenvalue weighted by molar-refractivity contribution is -0.137. The van der Waals surface area contributed by atoms with Crippen molar-refractivity contribution in [2.75, 3.05) is 36.8 Å². The van der Waals surface area contributed by atoms with Crippen LogP contribution in [0.25, 0.3) is 0 Å². The molecule has 112 valence electrons. The van der Waals surface area contributed by atoms with Crippen LogP contribution in [0.1, 0.15) is 19.4 Å². The monoisotopic (exact) mass is 288 g/mol. The Balaban J connectivity index is 2.16. The van der Waals surface area contributed by atoms with E-state index >= 15 is 0 Å². The molecule has 0 saturated carbocycles. The average molecular weight is 288 g/mol. The van der Waals surface area contributed by atoms with Crippen molar-refractivity contribution in [3.05, 3.63) is 17.7 Å². The number of hydrogen-bond donors (Lipinski definition) is 1. The summed E-state index contributed by atoms with van der Waals surface area (Å²) < 4.78 is 38.3. The highest BCUT2D eigenvalue weighted by Crippen LogP contribution is 2.32. The highest BCUT2D eigenvalue weighted by atomic mass is 19.4. The highest BCUT2D eigenvalue weighted by Gasteiger charge is 2.32. The van der Waals surface area contributed by atoms with Gasteiger partial charge in [-0.3, -0.25) is 4.90 Å². The summed E-state index contributed by atoms with van der Waals surface area (Å²) in [6, 6.07) is 2.38. The summed E-state index contributed by atoms with van der Waals surface area (Å²) in [6.07, 6.45) is -4.40. The van der Waals surface area contributed by atoms with Gasteiger partial charge in [-0.25, -0.2) is 4.98 Å². The molecule has 0 aromatic carbocycles. The first-order valence-corrected chi connectivity index (χ1v) is 6.61. The van der Waals surface area contributed by atoms with Gasteiger partial charge in [-0.05, 0) is 26.0 Å². The van der Waals surface area contributed by atoms with Gasteiger partial charge in [-0.15, -0.1) is 0 Å². The Morgan fingerprint density at radius 1 is 1.15 bits per heavy atom. The second kappa shape index (κ2) is 5.47. The number of anilines is 2. The zero-order chi connectivity index (χ0) is 14.9. The van der Waals surface area contributed by atoms with Gasteiger partial charge in [0.1, 0.15) is 11.6 Å². The Labute approximate surface area is 116 Å². The molecule has 0 aliphatic carbocycles. The Kier molecular flexibility index (Phi) is 4.08. The van der Waals surface area contributed by atoms with Gasteiger partial charge in [0.15, 0.2) is 0 Å². The molecular weight excluding hydrogens is 269 g/mol. The van der Waals surface area contributed by atoms with Gasteiger partial charge in [0.25, 0.3) is 0 Å². The molecule has 1 fully saturated rings. The summed E-state index contributed by atoms with van der Waals surface area (Å²) in [6.45, 7) is 7.16. The molecule has 2 heterocycles. The maximum Gasteiger partial charge on any atom is 0.416 e. The van der Waals surface area contributed by atoms with Crippen LogP contribution in [-0.2, 0) is 6.18 Å². The van der Waals surface area contributed by atoms with E-state index in [2.05, 4.69) is 23.7 Å². The number of nitrogens with zero attached hydrogens (tertiary/aromatic N) is 3. The summed E-state index contributed by atoms with van der Waals surface area (Å²) in [4.78, 5) is 8.16. The van der Waals surface area contributed by atoms with Gasteiger partial charge in [-0.2, -0.15) is 13.2 Å². The maximum atomic E-state index is 12.8. The number of rotatable bonds is 2. The molecule has 0 unspecified atom stereocenters. The van der Waals surface area contributed by atoms with E-state index in [4.69, 9.17) is 5.73 Å². The fraction of sp³-hybridized carbons (Fsp3) is 0.615. The van der Waals surface area contributed by atoms with E-state index in [0.29, 0.717) is 24.9 Å². The third-order valence-electron chi connectivity index (χ3n) is 3.53.